The van der Waals surface area contributed by atoms with Crippen LogP contribution in [0.4, 0.5) is 11.5 Å². The highest BCUT2D eigenvalue weighted by Gasteiger charge is 2.27. The summed E-state index contributed by atoms with van der Waals surface area (Å²) >= 11 is 0. The van der Waals surface area contributed by atoms with Crippen molar-refractivity contribution in [3.8, 4) is 11.5 Å². The predicted molar refractivity (Wildman–Crippen MR) is 110 cm³/mol. The van der Waals surface area contributed by atoms with E-state index in [0.717, 1.165) is 35.2 Å². The SMILES string of the molecule is O=S(=O)(c1ccc2nc(Nc3ccc4c(c3)OCCO4)ccc2c1)N1CCCC1. The maximum atomic E-state index is 12.8. The number of ether oxygens (including phenoxy) is 2. The third-order valence-electron chi connectivity index (χ3n) is 5.18. The fraction of sp³-hybridized carbons (Fsp3) is 0.286. The second-order valence-electron chi connectivity index (χ2n) is 7.15. The minimum atomic E-state index is -3.43. The summed E-state index contributed by atoms with van der Waals surface area (Å²) in [6.07, 6.45) is 1.84. The van der Waals surface area contributed by atoms with Gasteiger partial charge in [0.1, 0.15) is 19.0 Å². The highest BCUT2D eigenvalue weighted by Crippen LogP contribution is 2.33. The van der Waals surface area contributed by atoms with Crippen LogP contribution in [0.2, 0.25) is 0 Å². The van der Waals surface area contributed by atoms with Gasteiger partial charge in [0.2, 0.25) is 10.0 Å². The number of hydrogen-bond donors (Lipinski definition) is 1. The topological polar surface area (TPSA) is 80.8 Å². The Morgan fingerprint density at radius 1 is 0.897 bits per heavy atom. The molecule has 2 aliphatic heterocycles. The molecule has 150 valence electrons. The van der Waals surface area contributed by atoms with Crippen LogP contribution < -0.4 is 14.8 Å². The summed E-state index contributed by atoms with van der Waals surface area (Å²) in [6, 6.07) is 14.5. The van der Waals surface area contributed by atoms with E-state index in [1.165, 1.54) is 0 Å². The van der Waals surface area contributed by atoms with Crippen LogP contribution in [-0.2, 0) is 10.0 Å². The maximum absolute atomic E-state index is 12.8. The first-order chi connectivity index (χ1) is 14.1. The summed E-state index contributed by atoms with van der Waals surface area (Å²) in [4.78, 5) is 4.93. The van der Waals surface area contributed by atoms with Gasteiger partial charge >= 0.3 is 0 Å². The lowest BCUT2D eigenvalue weighted by molar-refractivity contribution is 0.171. The molecule has 29 heavy (non-hydrogen) atoms. The van der Waals surface area contributed by atoms with Crippen molar-refractivity contribution in [3.05, 3.63) is 48.5 Å². The van der Waals surface area contributed by atoms with Crippen molar-refractivity contribution < 1.29 is 17.9 Å². The Balaban J connectivity index is 1.41. The average molecular weight is 411 g/mol. The Morgan fingerprint density at radius 3 is 2.52 bits per heavy atom. The molecule has 8 heteroatoms. The van der Waals surface area contributed by atoms with Gasteiger partial charge in [-0.15, -0.1) is 0 Å². The molecule has 0 amide bonds. The number of nitrogens with zero attached hydrogens (tertiary/aromatic N) is 2. The Hall–Kier alpha value is -2.84. The van der Waals surface area contributed by atoms with E-state index in [1.807, 2.05) is 30.3 Å². The first kappa shape index (κ1) is 18.2. The van der Waals surface area contributed by atoms with Gasteiger partial charge in [-0.1, -0.05) is 0 Å². The molecule has 1 aromatic heterocycles. The second kappa shape index (κ2) is 7.20. The van der Waals surface area contributed by atoms with Gasteiger partial charge in [0.05, 0.1) is 10.4 Å². The lowest BCUT2D eigenvalue weighted by Crippen LogP contribution is -2.27. The van der Waals surface area contributed by atoms with Gasteiger partial charge in [-0.3, -0.25) is 0 Å². The van der Waals surface area contributed by atoms with Gasteiger partial charge in [0, 0.05) is 30.2 Å². The van der Waals surface area contributed by atoms with Gasteiger partial charge in [0.15, 0.2) is 11.5 Å². The van der Waals surface area contributed by atoms with Gasteiger partial charge in [0.25, 0.3) is 0 Å². The third kappa shape index (κ3) is 3.49. The molecule has 7 nitrogen and oxygen atoms in total. The van der Waals surface area contributed by atoms with Crippen LogP contribution in [0.25, 0.3) is 10.9 Å². The monoisotopic (exact) mass is 411 g/mol. The first-order valence-electron chi connectivity index (χ1n) is 9.67. The highest BCUT2D eigenvalue weighted by molar-refractivity contribution is 7.89. The van der Waals surface area contributed by atoms with E-state index in [0.29, 0.717) is 42.8 Å². The molecule has 1 N–H and O–H groups in total. The number of sulfonamides is 1. The molecule has 2 aromatic carbocycles. The quantitative estimate of drug-likeness (QED) is 0.707. The number of anilines is 2. The van der Waals surface area contributed by atoms with E-state index in [-0.39, 0.29) is 0 Å². The molecule has 2 aliphatic rings. The minimum absolute atomic E-state index is 0.321. The van der Waals surface area contributed by atoms with Gasteiger partial charge in [-0.25, -0.2) is 13.4 Å². The van der Waals surface area contributed by atoms with Crippen molar-refractivity contribution in [2.45, 2.75) is 17.7 Å². The number of pyridine rings is 1. The fourth-order valence-corrected chi connectivity index (χ4v) is 5.23. The number of aromatic nitrogens is 1. The molecule has 0 atom stereocenters. The second-order valence-corrected chi connectivity index (χ2v) is 9.08. The molecule has 0 bridgehead atoms. The third-order valence-corrected chi connectivity index (χ3v) is 7.07. The molecular weight excluding hydrogens is 390 g/mol. The molecule has 0 radical (unpaired) electrons. The zero-order chi connectivity index (χ0) is 19.8. The molecular formula is C21H21N3O4S. The van der Waals surface area contributed by atoms with Crippen LogP contribution >= 0.6 is 0 Å². The maximum Gasteiger partial charge on any atom is 0.243 e. The van der Waals surface area contributed by atoms with Gasteiger partial charge in [-0.2, -0.15) is 4.31 Å². The molecule has 1 saturated heterocycles. The Labute approximate surface area is 169 Å². The standard InChI is InChI=1S/C21H21N3O4S/c25-29(26,24-9-1-2-10-24)17-5-6-18-15(13-17)3-8-21(23-18)22-16-4-7-19-20(14-16)28-12-11-27-19/h3-8,13-14H,1-2,9-12H2,(H,22,23). The van der Waals surface area contributed by atoms with Crippen LogP contribution in [0.1, 0.15) is 12.8 Å². The van der Waals surface area contributed by atoms with Crippen molar-refractivity contribution in [3.63, 3.8) is 0 Å². The summed E-state index contributed by atoms with van der Waals surface area (Å²) in [6.45, 7) is 2.28. The number of rotatable bonds is 4. The zero-order valence-corrected chi connectivity index (χ0v) is 16.6. The lowest BCUT2D eigenvalue weighted by atomic mass is 10.2. The molecule has 3 aromatic rings. The summed E-state index contributed by atoms with van der Waals surface area (Å²) in [5, 5.41) is 4.05. The van der Waals surface area contributed by atoms with Crippen LogP contribution in [0.5, 0.6) is 11.5 Å². The molecule has 0 aliphatic carbocycles. The zero-order valence-electron chi connectivity index (χ0n) is 15.8. The summed E-state index contributed by atoms with van der Waals surface area (Å²) in [7, 11) is -3.43. The van der Waals surface area contributed by atoms with E-state index in [2.05, 4.69) is 10.3 Å². The number of fused-ring (bicyclic) bond motifs is 2. The van der Waals surface area contributed by atoms with E-state index in [1.54, 1.807) is 22.5 Å². The van der Waals surface area contributed by atoms with Crippen LogP contribution in [0.15, 0.2) is 53.4 Å². The molecule has 0 unspecified atom stereocenters. The van der Waals surface area contributed by atoms with E-state index >= 15 is 0 Å². The molecule has 0 saturated carbocycles. The Kier molecular flexibility index (Phi) is 4.52. The van der Waals surface area contributed by atoms with E-state index in [4.69, 9.17) is 9.47 Å². The molecule has 5 rings (SSSR count). The van der Waals surface area contributed by atoms with E-state index < -0.39 is 10.0 Å². The van der Waals surface area contributed by atoms with Gasteiger partial charge < -0.3 is 14.8 Å². The summed E-state index contributed by atoms with van der Waals surface area (Å²) < 4.78 is 38.3. The molecule has 1 fully saturated rings. The van der Waals surface area contributed by atoms with Crippen molar-refractivity contribution in [1.29, 1.82) is 0 Å². The number of benzene rings is 2. The van der Waals surface area contributed by atoms with Crippen molar-refractivity contribution >= 4 is 32.4 Å². The lowest BCUT2D eigenvalue weighted by Gasteiger charge is -2.19. The van der Waals surface area contributed by atoms with E-state index in [9.17, 15) is 8.42 Å². The van der Waals surface area contributed by atoms with Crippen LogP contribution in [0, 0.1) is 0 Å². The largest absolute Gasteiger partial charge is 0.486 e. The molecule has 3 heterocycles. The van der Waals surface area contributed by atoms with Crippen LogP contribution in [-0.4, -0.2) is 44.0 Å². The summed E-state index contributed by atoms with van der Waals surface area (Å²) in [5.74, 6) is 2.11. The summed E-state index contributed by atoms with van der Waals surface area (Å²) in [5.41, 5.74) is 1.57. The fourth-order valence-electron chi connectivity index (χ4n) is 3.68. The number of nitrogens with one attached hydrogen (secondary N) is 1. The Morgan fingerprint density at radius 2 is 1.69 bits per heavy atom. The Bertz CT molecular complexity index is 1170. The van der Waals surface area contributed by atoms with Crippen molar-refractivity contribution in [2.75, 3.05) is 31.6 Å². The minimum Gasteiger partial charge on any atom is -0.486 e. The first-order valence-corrected chi connectivity index (χ1v) is 11.1. The van der Waals surface area contributed by atoms with Crippen molar-refractivity contribution in [2.24, 2.45) is 0 Å². The smallest absolute Gasteiger partial charge is 0.243 e. The highest BCUT2D eigenvalue weighted by atomic mass is 32.2. The average Bonchev–Trinajstić information content (AvgIpc) is 3.29. The van der Waals surface area contributed by atoms with Crippen molar-refractivity contribution in [1.82, 2.24) is 9.29 Å². The molecule has 0 spiro atoms. The predicted octanol–water partition coefficient (Wildman–Crippen LogP) is 3.53. The van der Waals surface area contributed by atoms with Crippen LogP contribution in [0.3, 0.4) is 0 Å². The van der Waals surface area contributed by atoms with Gasteiger partial charge in [-0.05, 0) is 55.3 Å². The normalized spacial score (nSPS) is 16.8. The number of hydrogen-bond acceptors (Lipinski definition) is 6.